The summed E-state index contributed by atoms with van der Waals surface area (Å²) in [6.07, 6.45) is 1.21. The summed E-state index contributed by atoms with van der Waals surface area (Å²) in [7, 11) is 0. The van der Waals surface area contributed by atoms with E-state index >= 15 is 0 Å². The average molecular weight is 161 g/mol. The van der Waals surface area contributed by atoms with Crippen LogP contribution in [0.15, 0.2) is 0 Å². The van der Waals surface area contributed by atoms with Gasteiger partial charge in [0.05, 0.1) is 19.3 Å². The lowest BCUT2D eigenvalue weighted by Crippen LogP contribution is -2.39. The van der Waals surface area contributed by atoms with Gasteiger partial charge in [0.2, 0.25) is 5.91 Å². The van der Waals surface area contributed by atoms with Gasteiger partial charge in [0.25, 0.3) is 0 Å². The predicted octanol–water partition coefficient (Wildman–Crippen LogP) is -0.744. The highest BCUT2D eigenvalue weighted by Crippen LogP contribution is 1.88. The van der Waals surface area contributed by atoms with Gasteiger partial charge in [-0.3, -0.25) is 4.79 Å². The van der Waals surface area contributed by atoms with Crippen LogP contribution in [0, 0.1) is 0 Å². The van der Waals surface area contributed by atoms with Crippen molar-refractivity contribution < 1.29 is 15.0 Å². The lowest BCUT2D eigenvalue weighted by molar-refractivity contribution is -0.122. The van der Waals surface area contributed by atoms with Crippen molar-refractivity contribution in [1.29, 1.82) is 0 Å². The monoisotopic (exact) mass is 161 g/mol. The number of aliphatic hydroxyl groups excluding tert-OH is 2. The number of rotatable bonds is 5. The van der Waals surface area contributed by atoms with E-state index in [0.29, 0.717) is 6.42 Å². The lowest BCUT2D eigenvalue weighted by atomic mass is 10.3. The summed E-state index contributed by atoms with van der Waals surface area (Å²) in [4.78, 5) is 10.8. The molecule has 0 saturated carbocycles. The van der Waals surface area contributed by atoms with Gasteiger partial charge < -0.3 is 15.5 Å². The fourth-order valence-corrected chi connectivity index (χ4v) is 0.676. The third-order valence-corrected chi connectivity index (χ3v) is 1.28. The van der Waals surface area contributed by atoms with Crippen molar-refractivity contribution in [2.24, 2.45) is 0 Å². The number of hydrogen-bond donors (Lipinski definition) is 3. The Morgan fingerprint density at radius 3 is 2.36 bits per heavy atom. The minimum Gasteiger partial charge on any atom is -0.394 e. The summed E-state index contributed by atoms with van der Waals surface area (Å²) in [6, 6.07) is -0.506. The first-order valence-corrected chi connectivity index (χ1v) is 3.75. The fraction of sp³-hybridized carbons (Fsp3) is 0.857. The van der Waals surface area contributed by atoms with Crippen LogP contribution in [0.3, 0.4) is 0 Å². The van der Waals surface area contributed by atoms with Crippen molar-refractivity contribution in [2.75, 3.05) is 13.2 Å². The van der Waals surface area contributed by atoms with Crippen LogP contribution >= 0.6 is 0 Å². The smallest absolute Gasteiger partial charge is 0.220 e. The predicted molar refractivity (Wildman–Crippen MR) is 41.0 cm³/mol. The largest absolute Gasteiger partial charge is 0.394 e. The summed E-state index contributed by atoms with van der Waals surface area (Å²) in [5.41, 5.74) is 0. The van der Waals surface area contributed by atoms with Gasteiger partial charge in [-0.05, 0) is 6.42 Å². The molecule has 0 aliphatic rings. The molecule has 1 amide bonds. The summed E-state index contributed by atoms with van der Waals surface area (Å²) in [5, 5.41) is 19.6. The van der Waals surface area contributed by atoms with E-state index in [1.807, 2.05) is 6.92 Å². The zero-order valence-corrected chi connectivity index (χ0v) is 6.71. The summed E-state index contributed by atoms with van der Waals surface area (Å²) < 4.78 is 0. The van der Waals surface area contributed by atoms with Crippen LogP contribution in [0.25, 0.3) is 0 Å². The summed E-state index contributed by atoms with van der Waals surface area (Å²) in [6.45, 7) is 1.46. The van der Waals surface area contributed by atoms with Gasteiger partial charge in [0.15, 0.2) is 0 Å². The van der Waals surface area contributed by atoms with Crippen molar-refractivity contribution in [2.45, 2.75) is 25.8 Å². The SMILES string of the molecule is CCCC(=O)NC(CO)CO. The minimum absolute atomic E-state index is 0.124. The molecule has 0 aromatic rings. The number of hydrogen-bond acceptors (Lipinski definition) is 3. The van der Waals surface area contributed by atoms with Crippen molar-refractivity contribution in [3.05, 3.63) is 0 Å². The standard InChI is InChI=1S/C7H15NO3/c1-2-3-7(11)8-6(4-9)5-10/h6,9-10H,2-5H2,1H3,(H,8,11). The van der Waals surface area contributed by atoms with E-state index in [4.69, 9.17) is 10.2 Å². The highest BCUT2D eigenvalue weighted by molar-refractivity contribution is 5.76. The molecule has 0 saturated heterocycles. The van der Waals surface area contributed by atoms with E-state index in [0.717, 1.165) is 6.42 Å². The third kappa shape index (κ3) is 4.75. The minimum atomic E-state index is -0.506. The first-order chi connectivity index (χ1) is 5.24. The maximum absolute atomic E-state index is 10.8. The molecule has 0 heterocycles. The highest BCUT2D eigenvalue weighted by Gasteiger charge is 2.07. The molecule has 4 heteroatoms. The van der Waals surface area contributed by atoms with E-state index in [2.05, 4.69) is 5.32 Å². The molecule has 0 spiro atoms. The Bertz CT molecular complexity index is 112. The van der Waals surface area contributed by atoms with E-state index in [9.17, 15) is 4.79 Å². The number of nitrogens with one attached hydrogen (secondary N) is 1. The first kappa shape index (κ1) is 10.4. The number of carbonyl (C=O) groups is 1. The third-order valence-electron chi connectivity index (χ3n) is 1.28. The molecule has 0 aliphatic carbocycles. The van der Waals surface area contributed by atoms with Crippen LogP contribution in [0.2, 0.25) is 0 Å². The van der Waals surface area contributed by atoms with Gasteiger partial charge in [0, 0.05) is 6.42 Å². The van der Waals surface area contributed by atoms with Crippen LogP contribution in [-0.4, -0.2) is 35.4 Å². The van der Waals surface area contributed by atoms with E-state index in [-0.39, 0.29) is 19.1 Å². The molecule has 0 radical (unpaired) electrons. The van der Waals surface area contributed by atoms with Gasteiger partial charge in [-0.2, -0.15) is 0 Å². The Balaban J connectivity index is 3.54. The van der Waals surface area contributed by atoms with Crippen molar-refractivity contribution in [3.8, 4) is 0 Å². The summed E-state index contributed by atoms with van der Waals surface area (Å²) in [5.74, 6) is -0.124. The molecule has 66 valence electrons. The Hall–Kier alpha value is -0.610. The molecule has 0 unspecified atom stereocenters. The van der Waals surface area contributed by atoms with Crippen LogP contribution < -0.4 is 5.32 Å². The van der Waals surface area contributed by atoms with Crippen LogP contribution in [0.1, 0.15) is 19.8 Å². The first-order valence-electron chi connectivity index (χ1n) is 3.75. The molecule has 0 rings (SSSR count). The van der Waals surface area contributed by atoms with E-state index < -0.39 is 6.04 Å². The van der Waals surface area contributed by atoms with Crippen LogP contribution in [0.5, 0.6) is 0 Å². The molecular formula is C7H15NO3. The van der Waals surface area contributed by atoms with Gasteiger partial charge in [-0.1, -0.05) is 6.92 Å². The Labute approximate surface area is 66.2 Å². The van der Waals surface area contributed by atoms with Gasteiger partial charge >= 0.3 is 0 Å². The fourth-order valence-electron chi connectivity index (χ4n) is 0.676. The zero-order chi connectivity index (χ0) is 8.69. The van der Waals surface area contributed by atoms with Gasteiger partial charge in [-0.25, -0.2) is 0 Å². The number of aliphatic hydroxyl groups is 2. The molecular weight excluding hydrogens is 146 g/mol. The molecule has 0 bridgehead atoms. The lowest BCUT2D eigenvalue weighted by Gasteiger charge is -2.12. The quantitative estimate of drug-likeness (QED) is 0.497. The van der Waals surface area contributed by atoms with Crippen molar-refractivity contribution in [1.82, 2.24) is 5.32 Å². The molecule has 11 heavy (non-hydrogen) atoms. The van der Waals surface area contributed by atoms with E-state index in [1.54, 1.807) is 0 Å². The van der Waals surface area contributed by atoms with Crippen LogP contribution in [0.4, 0.5) is 0 Å². The molecule has 0 atom stereocenters. The second-order valence-electron chi connectivity index (χ2n) is 2.38. The van der Waals surface area contributed by atoms with Crippen molar-refractivity contribution >= 4 is 5.91 Å². The number of amides is 1. The second kappa shape index (κ2) is 6.12. The molecule has 0 aromatic carbocycles. The highest BCUT2D eigenvalue weighted by atomic mass is 16.3. The Morgan fingerprint density at radius 1 is 1.45 bits per heavy atom. The molecule has 3 N–H and O–H groups in total. The molecule has 0 aliphatic heterocycles. The normalized spacial score (nSPS) is 10.2. The molecule has 0 fully saturated rings. The Kier molecular flexibility index (Phi) is 5.78. The topological polar surface area (TPSA) is 69.6 Å². The molecule has 4 nitrogen and oxygen atoms in total. The van der Waals surface area contributed by atoms with Gasteiger partial charge in [-0.15, -0.1) is 0 Å². The van der Waals surface area contributed by atoms with Crippen LogP contribution in [-0.2, 0) is 4.79 Å². The van der Waals surface area contributed by atoms with Crippen molar-refractivity contribution in [3.63, 3.8) is 0 Å². The zero-order valence-electron chi connectivity index (χ0n) is 6.71. The maximum atomic E-state index is 10.8. The van der Waals surface area contributed by atoms with E-state index in [1.165, 1.54) is 0 Å². The maximum Gasteiger partial charge on any atom is 0.220 e. The Morgan fingerprint density at radius 2 is 2.00 bits per heavy atom. The average Bonchev–Trinajstić information content (AvgIpc) is 2.01. The summed E-state index contributed by atoms with van der Waals surface area (Å²) >= 11 is 0. The molecule has 0 aromatic heterocycles. The number of carbonyl (C=O) groups excluding carboxylic acids is 1. The van der Waals surface area contributed by atoms with Gasteiger partial charge in [0.1, 0.15) is 0 Å². The second-order valence-corrected chi connectivity index (χ2v) is 2.38.